The number of nitro groups is 1. The molecule has 1 atom stereocenters. The van der Waals surface area contributed by atoms with E-state index in [0.717, 1.165) is 0 Å². The predicted octanol–water partition coefficient (Wildman–Crippen LogP) is 1.07. The number of para-hydroxylation sites is 1. The van der Waals surface area contributed by atoms with Gasteiger partial charge in [-0.3, -0.25) is 14.9 Å². The standard InChI is InChI=1S/C12H17N3O4/c1-2-8(6-7-16)14-12(17)9-4-3-5-10(11(9)13)15(18)19/h3-5,8,16H,2,6-7,13H2,1H3,(H,14,17). The lowest BCUT2D eigenvalue weighted by Gasteiger charge is -2.16. The number of hydrogen-bond acceptors (Lipinski definition) is 5. The number of hydrogen-bond donors (Lipinski definition) is 3. The smallest absolute Gasteiger partial charge is 0.292 e. The summed E-state index contributed by atoms with van der Waals surface area (Å²) in [5.41, 5.74) is 5.26. The van der Waals surface area contributed by atoms with Crippen LogP contribution >= 0.6 is 0 Å². The molecule has 1 rings (SSSR count). The van der Waals surface area contributed by atoms with Crippen LogP contribution in [0.5, 0.6) is 0 Å². The summed E-state index contributed by atoms with van der Waals surface area (Å²) in [4.78, 5) is 22.1. The Hall–Kier alpha value is -2.15. The monoisotopic (exact) mass is 267 g/mol. The van der Waals surface area contributed by atoms with Crippen LogP contribution in [0.25, 0.3) is 0 Å². The minimum Gasteiger partial charge on any atom is -0.396 e. The molecule has 0 bridgehead atoms. The lowest BCUT2D eigenvalue weighted by molar-refractivity contribution is -0.383. The zero-order chi connectivity index (χ0) is 14.4. The third-order valence-corrected chi connectivity index (χ3v) is 2.83. The first-order valence-corrected chi connectivity index (χ1v) is 5.95. The maximum Gasteiger partial charge on any atom is 0.292 e. The highest BCUT2D eigenvalue weighted by atomic mass is 16.6. The Kier molecular flexibility index (Phi) is 5.25. The second kappa shape index (κ2) is 6.69. The normalized spacial score (nSPS) is 11.9. The second-order valence-corrected chi connectivity index (χ2v) is 4.09. The van der Waals surface area contributed by atoms with E-state index in [9.17, 15) is 14.9 Å². The van der Waals surface area contributed by atoms with E-state index in [1.807, 2.05) is 6.92 Å². The van der Waals surface area contributed by atoms with Crippen LogP contribution in [0, 0.1) is 10.1 Å². The van der Waals surface area contributed by atoms with Crippen molar-refractivity contribution < 1.29 is 14.8 Å². The number of nitrogens with zero attached hydrogens (tertiary/aromatic N) is 1. The number of aliphatic hydroxyl groups is 1. The average Bonchev–Trinajstić information content (AvgIpc) is 2.37. The molecule has 19 heavy (non-hydrogen) atoms. The molecule has 1 amide bonds. The van der Waals surface area contributed by atoms with Gasteiger partial charge in [0.25, 0.3) is 11.6 Å². The molecule has 0 radical (unpaired) electrons. The molecule has 7 heteroatoms. The van der Waals surface area contributed by atoms with Crippen LogP contribution in [0.2, 0.25) is 0 Å². The quantitative estimate of drug-likeness (QED) is 0.404. The summed E-state index contributed by atoms with van der Waals surface area (Å²) in [5.74, 6) is -0.471. The number of rotatable bonds is 6. The van der Waals surface area contributed by atoms with Crippen LogP contribution in [-0.4, -0.2) is 28.6 Å². The third kappa shape index (κ3) is 3.65. The van der Waals surface area contributed by atoms with Crippen LogP contribution in [-0.2, 0) is 0 Å². The first-order valence-electron chi connectivity index (χ1n) is 5.95. The molecule has 0 aromatic heterocycles. The van der Waals surface area contributed by atoms with Crippen LogP contribution in [0.1, 0.15) is 30.1 Å². The van der Waals surface area contributed by atoms with Crippen LogP contribution in [0.15, 0.2) is 18.2 Å². The molecule has 4 N–H and O–H groups in total. The van der Waals surface area contributed by atoms with Crippen molar-refractivity contribution in [2.24, 2.45) is 0 Å². The van der Waals surface area contributed by atoms with E-state index in [2.05, 4.69) is 5.32 Å². The minimum atomic E-state index is -0.628. The zero-order valence-corrected chi connectivity index (χ0v) is 10.6. The average molecular weight is 267 g/mol. The van der Waals surface area contributed by atoms with Crippen molar-refractivity contribution in [2.45, 2.75) is 25.8 Å². The Morgan fingerprint density at radius 1 is 1.58 bits per heavy atom. The highest BCUT2D eigenvalue weighted by Crippen LogP contribution is 2.24. The van der Waals surface area contributed by atoms with Gasteiger partial charge in [0.05, 0.1) is 10.5 Å². The Bertz CT molecular complexity index is 476. The summed E-state index contributed by atoms with van der Waals surface area (Å²) >= 11 is 0. The van der Waals surface area contributed by atoms with Crippen molar-refractivity contribution in [1.82, 2.24) is 5.32 Å². The summed E-state index contributed by atoms with van der Waals surface area (Å²) in [6, 6.07) is 3.91. The highest BCUT2D eigenvalue weighted by Gasteiger charge is 2.20. The molecular weight excluding hydrogens is 250 g/mol. The number of nitrogens with one attached hydrogen (secondary N) is 1. The van der Waals surface area contributed by atoms with Crippen LogP contribution < -0.4 is 11.1 Å². The van der Waals surface area contributed by atoms with Crippen LogP contribution in [0.4, 0.5) is 11.4 Å². The lowest BCUT2D eigenvalue weighted by atomic mass is 10.1. The summed E-state index contributed by atoms with van der Waals surface area (Å²) in [5, 5.41) is 22.3. The summed E-state index contributed by atoms with van der Waals surface area (Å²) in [7, 11) is 0. The van der Waals surface area contributed by atoms with Gasteiger partial charge >= 0.3 is 0 Å². The highest BCUT2D eigenvalue weighted by molar-refractivity contribution is 6.01. The third-order valence-electron chi connectivity index (χ3n) is 2.83. The van der Waals surface area contributed by atoms with Crippen molar-refractivity contribution in [3.8, 4) is 0 Å². The first-order chi connectivity index (χ1) is 9.01. The summed E-state index contributed by atoms with van der Waals surface area (Å²) in [6.45, 7) is 1.83. The largest absolute Gasteiger partial charge is 0.396 e. The number of nitrogens with two attached hydrogens (primary N) is 1. The molecule has 1 aromatic carbocycles. The molecule has 1 unspecified atom stereocenters. The molecular formula is C12H17N3O4. The van der Waals surface area contributed by atoms with E-state index in [4.69, 9.17) is 10.8 Å². The van der Waals surface area contributed by atoms with Gasteiger partial charge in [0.1, 0.15) is 5.69 Å². The Morgan fingerprint density at radius 2 is 2.26 bits per heavy atom. The van der Waals surface area contributed by atoms with E-state index >= 15 is 0 Å². The van der Waals surface area contributed by atoms with Crippen LogP contribution in [0.3, 0.4) is 0 Å². The summed E-state index contributed by atoms with van der Waals surface area (Å²) in [6.07, 6.45) is 1.08. The van der Waals surface area contributed by atoms with Gasteiger partial charge in [-0.15, -0.1) is 0 Å². The number of aliphatic hydroxyl groups excluding tert-OH is 1. The number of amides is 1. The van der Waals surface area contributed by atoms with E-state index in [0.29, 0.717) is 12.8 Å². The number of anilines is 1. The van der Waals surface area contributed by atoms with Gasteiger partial charge < -0.3 is 16.2 Å². The molecule has 0 aliphatic heterocycles. The molecule has 0 fully saturated rings. The molecule has 0 saturated carbocycles. The molecule has 1 aromatic rings. The fraction of sp³-hybridized carbons (Fsp3) is 0.417. The summed E-state index contributed by atoms with van der Waals surface area (Å²) < 4.78 is 0. The van der Waals surface area contributed by atoms with Crippen molar-refractivity contribution >= 4 is 17.3 Å². The molecule has 104 valence electrons. The Morgan fingerprint density at radius 3 is 2.79 bits per heavy atom. The first kappa shape index (κ1) is 14.9. The van der Waals surface area contributed by atoms with Gasteiger partial charge in [-0.05, 0) is 18.9 Å². The fourth-order valence-electron chi connectivity index (χ4n) is 1.71. The van der Waals surface area contributed by atoms with Gasteiger partial charge in [-0.2, -0.15) is 0 Å². The molecule has 7 nitrogen and oxygen atoms in total. The van der Waals surface area contributed by atoms with Gasteiger partial charge in [-0.25, -0.2) is 0 Å². The molecule has 0 aliphatic carbocycles. The van der Waals surface area contributed by atoms with Gasteiger partial charge in [0.2, 0.25) is 0 Å². The van der Waals surface area contributed by atoms with Gasteiger partial charge in [0, 0.05) is 18.7 Å². The van der Waals surface area contributed by atoms with Gasteiger partial charge in [-0.1, -0.05) is 13.0 Å². The number of carbonyl (C=O) groups excluding carboxylic acids is 1. The topological polar surface area (TPSA) is 118 Å². The number of carbonyl (C=O) groups is 1. The van der Waals surface area contributed by atoms with Crippen molar-refractivity contribution in [2.75, 3.05) is 12.3 Å². The lowest BCUT2D eigenvalue weighted by Crippen LogP contribution is -2.35. The molecule has 0 saturated heterocycles. The molecule has 0 spiro atoms. The molecule has 0 aliphatic rings. The van der Waals surface area contributed by atoms with Crippen molar-refractivity contribution in [3.05, 3.63) is 33.9 Å². The maximum atomic E-state index is 12.0. The number of nitrogen functional groups attached to an aromatic ring is 1. The van der Waals surface area contributed by atoms with E-state index < -0.39 is 10.8 Å². The fourth-order valence-corrected chi connectivity index (χ4v) is 1.71. The van der Waals surface area contributed by atoms with Gasteiger partial charge in [0.15, 0.2) is 0 Å². The van der Waals surface area contributed by atoms with E-state index in [-0.39, 0.29) is 29.6 Å². The van der Waals surface area contributed by atoms with E-state index in [1.165, 1.54) is 18.2 Å². The Labute approximate surface area is 110 Å². The van der Waals surface area contributed by atoms with Crippen molar-refractivity contribution in [3.63, 3.8) is 0 Å². The zero-order valence-electron chi connectivity index (χ0n) is 10.6. The number of benzene rings is 1. The second-order valence-electron chi connectivity index (χ2n) is 4.09. The van der Waals surface area contributed by atoms with E-state index in [1.54, 1.807) is 0 Å². The Balaban J connectivity index is 2.94. The maximum absolute atomic E-state index is 12.0. The molecule has 0 heterocycles. The van der Waals surface area contributed by atoms with Crippen molar-refractivity contribution in [1.29, 1.82) is 0 Å². The SMILES string of the molecule is CCC(CCO)NC(=O)c1cccc([N+](=O)[O-])c1N. The minimum absolute atomic E-state index is 0.0385. The predicted molar refractivity (Wildman–Crippen MR) is 70.8 cm³/mol. The number of nitro benzene ring substituents is 1.